The first-order chi connectivity index (χ1) is 11.6. The van der Waals surface area contributed by atoms with Crippen LogP contribution in [0.3, 0.4) is 0 Å². The second kappa shape index (κ2) is 5.93. The predicted molar refractivity (Wildman–Crippen MR) is 104 cm³/mol. The second-order valence-electron chi connectivity index (χ2n) is 8.58. The molecule has 25 heavy (non-hydrogen) atoms. The minimum Gasteiger partial charge on any atom is -0.454 e. The summed E-state index contributed by atoms with van der Waals surface area (Å²) >= 11 is 0. The predicted octanol–water partition coefficient (Wildman–Crippen LogP) is 5.33. The standard InChI is InChI=1S/C21H28O3Si/c1-8-17(24-25(6,7)20(3,4)5)15-12-18-19(23-14-22-18)13-16(15)21(9-2)10-11-21/h1,9,12-13,17H,2,10-11,14H2,3-7H3. The van der Waals surface area contributed by atoms with Gasteiger partial charge in [-0.2, -0.15) is 0 Å². The molecule has 0 radical (unpaired) electrons. The van der Waals surface area contributed by atoms with Crippen LogP contribution in [0.5, 0.6) is 11.5 Å². The number of terminal acetylenes is 1. The van der Waals surface area contributed by atoms with Gasteiger partial charge in [0.1, 0.15) is 6.10 Å². The van der Waals surface area contributed by atoms with Crippen LogP contribution in [0, 0.1) is 12.3 Å². The van der Waals surface area contributed by atoms with E-state index in [0.717, 1.165) is 29.9 Å². The molecular weight excluding hydrogens is 328 g/mol. The van der Waals surface area contributed by atoms with E-state index in [0.29, 0.717) is 0 Å². The van der Waals surface area contributed by atoms with Gasteiger partial charge in [-0.15, -0.1) is 13.0 Å². The van der Waals surface area contributed by atoms with Crippen molar-refractivity contribution in [3.63, 3.8) is 0 Å². The van der Waals surface area contributed by atoms with Gasteiger partial charge in [0.2, 0.25) is 6.79 Å². The lowest BCUT2D eigenvalue weighted by atomic mass is 9.88. The monoisotopic (exact) mass is 356 g/mol. The Morgan fingerprint density at radius 3 is 2.36 bits per heavy atom. The SMILES string of the molecule is C#CC(O[Si](C)(C)C(C)(C)C)c1cc2c(cc1C1(C=C)CC1)OCO2. The van der Waals surface area contributed by atoms with Crippen molar-refractivity contribution in [1.29, 1.82) is 0 Å². The zero-order valence-corrected chi connectivity index (χ0v) is 16.9. The maximum absolute atomic E-state index is 6.58. The topological polar surface area (TPSA) is 27.7 Å². The zero-order valence-electron chi connectivity index (χ0n) is 15.9. The number of benzene rings is 1. The number of allylic oxidation sites excluding steroid dienone is 1. The summed E-state index contributed by atoms with van der Waals surface area (Å²) in [6.45, 7) is 15.4. The lowest BCUT2D eigenvalue weighted by molar-refractivity contribution is 0.173. The average Bonchev–Trinajstić information content (AvgIpc) is 3.21. The molecule has 0 bridgehead atoms. The Morgan fingerprint density at radius 1 is 1.28 bits per heavy atom. The molecule has 0 saturated heterocycles. The summed E-state index contributed by atoms with van der Waals surface area (Å²) in [5.41, 5.74) is 2.18. The molecule has 1 heterocycles. The molecule has 1 aromatic rings. The first-order valence-corrected chi connectivity index (χ1v) is 11.8. The van der Waals surface area contributed by atoms with Crippen LogP contribution in [-0.4, -0.2) is 15.1 Å². The van der Waals surface area contributed by atoms with Gasteiger partial charge in [0.15, 0.2) is 19.8 Å². The average molecular weight is 357 g/mol. The summed E-state index contributed by atoms with van der Waals surface area (Å²) in [7, 11) is -2.01. The van der Waals surface area contributed by atoms with Gasteiger partial charge in [-0.1, -0.05) is 32.8 Å². The van der Waals surface area contributed by atoms with Gasteiger partial charge in [-0.25, -0.2) is 0 Å². The van der Waals surface area contributed by atoms with Crippen molar-refractivity contribution in [3.05, 3.63) is 35.9 Å². The quantitative estimate of drug-likeness (QED) is 0.405. The fourth-order valence-corrected chi connectivity index (χ4v) is 4.12. The van der Waals surface area contributed by atoms with E-state index in [-0.39, 0.29) is 23.4 Å². The van der Waals surface area contributed by atoms with Crippen molar-refractivity contribution in [2.45, 2.75) is 63.3 Å². The van der Waals surface area contributed by atoms with Crippen LogP contribution in [-0.2, 0) is 9.84 Å². The van der Waals surface area contributed by atoms with E-state index >= 15 is 0 Å². The third-order valence-corrected chi connectivity index (χ3v) is 10.4. The Morgan fingerprint density at radius 2 is 1.88 bits per heavy atom. The van der Waals surface area contributed by atoms with Crippen molar-refractivity contribution in [2.75, 3.05) is 6.79 Å². The van der Waals surface area contributed by atoms with Gasteiger partial charge in [0.25, 0.3) is 0 Å². The number of rotatable bonds is 5. The first-order valence-electron chi connectivity index (χ1n) is 8.85. The Kier molecular flexibility index (Phi) is 4.29. The molecule has 0 N–H and O–H groups in total. The highest BCUT2D eigenvalue weighted by Crippen LogP contribution is 2.54. The van der Waals surface area contributed by atoms with E-state index in [4.69, 9.17) is 20.3 Å². The van der Waals surface area contributed by atoms with Crippen molar-refractivity contribution in [3.8, 4) is 23.8 Å². The highest BCUT2D eigenvalue weighted by molar-refractivity contribution is 6.74. The molecular formula is C21H28O3Si. The number of fused-ring (bicyclic) bond motifs is 1. The van der Waals surface area contributed by atoms with E-state index < -0.39 is 8.32 Å². The normalized spacial score (nSPS) is 19.2. The minimum atomic E-state index is -2.01. The Labute approximate surface area is 152 Å². The molecule has 1 unspecified atom stereocenters. The highest BCUT2D eigenvalue weighted by atomic mass is 28.4. The van der Waals surface area contributed by atoms with E-state index in [2.05, 4.69) is 52.4 Å². The molecule has 1 fully saturated rings. The summed E-state index contributed by atoms with van der Waals surface area (Å²) in [5.74, 6) is 4.42. The van der Waals surface area contributed by atoms with Crippen molar-refractivity contribution < 1.29 is 13.9 Å². The molecule has 1 saturated carbocycles. The zero-order chi connectivity index (χ0) is 18.5. The molecule has 4 heteroatoms. The fraction of sp³-hybridized carbons (Fsp3) is 0.524. The van der Waals surface area contributed by atoms with Crippen LogP contribution in [0.15, 0.2) is 24.8 Å². The summed E-state index contributed by atoms with van der Waals surface area (Å²) in [5, 5.41) is 0.0916. The lowest BCUT2D eigenvalue weighted by Gasteiger charge is -2.38. The Balaban J connectivity index is 2.05. The number of hydrogen-bond acceptors (Lipinski definition) is 3. The summed E-state index contributed by atoms with van der Waals surface area (Å²) in [6.07, 6.45) is 9.74. The van der Waals surface area contributed by atoms with Crippen LogP contribution in [0.25, 0.3) is 0 Å². The van der Waals surface area contributed by atoms with E-state index in [1.165, 1.54) is 5.56 Å². The Hall–Kier alpha value is -1.70. The maximum atomic E-state index is 6.58. The van der Waals surface area contributed by atoms with E-state index in [1.807, 2.05) is 12.1 Å². The summed E-state index contributed by atoms with van der Waals surface area (Å²) in [4.78, 5) is 0. The van der Waals surface area contributed by atoms with Gasteiger partial charge in [-0.3, -0.25) is 0 Å². The van der Waals surface area contributed by atoms with Crippen LogP contribution >= 0.6 is 0 Å². The number of ether oxygens (including phenoxy) is 2. The van der Waals surface area contributed by atoms with Gasteiger partial charge >= 0.3 is 0 Å². The van der Waals surface area contributed by atoms with Crippen molar-refractivity contribution >= 4 is 8.32 Å². The summed E-state index contributed by atoms with van der Waals surface area (Å²) in [6, 6.07) is 4.09. The third kappa shape index (κ3) is 3.12. The van der Waals surface area contributed by atoms with E-state index in [1.54, 1.807) is 0 Å². The van der Waals surface area contributed by atoms with Crippen molar-refractivity contribution in [1.82, 2.24) is 0 Å². The highest BCUT2D eigenvalue weighted by Gasteiger charge is 2.46. The minimum absolute atomic E-state index is 0.0117. The van der Waals surface area contributed by atoms with Gasteiger partial charge in [-0.05, 0) is 54.2 Å². The smallest absolute Gasteiger partial charge is 0.231 e. The molecule has 1 atom stereocenters. The van der Waals surface area contributed by atoms with Gasteiger partial charge < -0.3 is 13.9 Å². The van der Waals surface area contributed by atoms with E-state index in [9.17, 15) is 0 Å². The van der Waals surface area contributed by atoms with Crippen LogP contribution in [0.1, 0.15) is 50.8 Å². The fourth-order valence-electron chi connectivity index (χ4n) is 2.98. The van der Waals surface area contributed by atoms with Crippen LogP contribution in [0.4, 0.5) is 0 Å². The number of hydrogen-bond donors (Lipinski definition) is 0. The molecule has 1 aliphatic carbocycles. The molecule has 1 aliphatic heterocycles. The molecule has 3 nitrogen and oxygen atoms in total. The molecule has 0 aromatic heterocycles. The van der Waals surface area contributed by atoms with Gasteiger partial charge in [0, 0.05) is 5.41 Å². The van der Waals surface area contributed by atoms with Gasteiger partial charge in [0.05, 0.1) is 0 Å². The molecule has 1 aromatic carbocycles. The molecule has 3 rings (SSSR count). The Bertz CT molecular complexity index is 733. The van der Waals surface area contributed by atoms with Crippen LogP contribution in [0.2, 0.25) is 18.1 Å². The van der Waals surface area contributed by atoms with Crippen molar-refractivity contribution in [2.24, 2.45) is 0 Å². The lowest BCUT2D eigenvalue weighted by Crippen LogP contribution is -2.41. The second-order valence-corrected chi connectivity index (χ2v) is 13.3. The molecule has 134 valence electrons. The first kappa shape index (κ1) is 18.1. The molecule has 0 spiro atoms. The van der Waals surface area contributed by atoms with Crippen LogP contribution < -0.4 is 9.47 Å². The molecule has 2 aliphatic rings. The summed E-state index contributed by atoms with van der Waals surface area (Å²) < 4.78 is 17.8. The third-order valence-electron chi connectivity index (χ3n) is 5.91. The molecule has 0 amide bonds. The maximum Gasteiger partial charge on any atom is 0.231 e. The largest absolute Gasteiger partial charge is 0.454 e.